The second-order valence-corrected chi connectivity index (χ2v) is 5.94. The van der Waals surface area contributed by atoms with Gasteiger partial charge in [0.2, 0.25) is 0 Å². The normalized spacial score (nSPS) is 22.7. The number of likely N-dealkylation sites (tertiary alicyclic amines) is 1. The van der Waals surface area contributed by atoms with Crippen LogP contribution in [0.4, 0.5) is 13.2 Å². The lowest BCUT2D eigenvalue weighted by molar-refractivity contribution is -0.152. The molecule has 1 aliphatic rings. The van der Waals surface area contributed by atoms with E-state index in [1.165, 1.54) is 12.3 Å². The van der Waals surface area contributed by atoms with E-state index in [9.17, 15) is 23.1 Å². The van der Waals surface area contributed by atoms with Crippen molar-refractivity contribution in [3.63, 3.8) is 0 Å². The Hall–Kier alpha value is -1.89. The Morgan fingerprint density at radius 1 is 1.48 bits per heavy atom. The molecule has 1 N–H and O–H groups in total. The van der Waals surface area contributed by atoms with Crippen LogP contribution in [0.5, 0.6) is 0 Å². The summed E-state index contributed by atoms with van der Waals surface area (Å²) in [6.45, 7) is 5.08. The van der Waals surface area contributed by atoms with E-state index in [-0.39, 0.29) is 0 Å². The lowest BCUT2D eigenvalue weighted by Gasteiger charge is -2.39. The molecule has 0 spiro atoms. The van der Waals surface area contributed by atoms with Gasteiger partial charge in [-0.1, -0.05) is 12.1 Å². The first kappa shape index (κ1) is 17.5. The number of hydrogen-bond acceptors (Lipinski definition) is 3. The van der Waals surface area contributed by atoms with Crippen LogP contribution in [0.25, 0.3) is 0 Å². The van der Waals surface area contributed by atoms with Gasteiger partial charge in [-0.2, -0.15) is 13.2 Å². The van der Waals surface area contributed by atoms with Crippen molar-refractivity contribution in [3.05, 3.63) is 42.2 Å². The van der Waals surface area contributed by atoms with Gasteiger partial charge in [0.05, 0.1) is 5.41 Å². The van der Waals surface area contributed by atoms with Gasteiger partial charge in [0.25, 0.3) is 0 Å². The van der Waals surface area contributed by atoms with Gasteiger partial charge in [0.15, 0.2) is 0 Å². The highest BCUT2D eigenvalue weighted by Gasteiger charge is 2.41. The Morgan fingerprint density at radius 3 is 2.74 bits per heavy atom. The van der Waals surface area contributed by atoms with Gasteiger partial charge in [-0.15, -0.1) is 6.58 Å². The van der Waals surface area contributed by atoms with Crippen LogP contribution in [0.3, 0.4) is 0 Å². The average molecular weight is 328 g/mol. The zero-order valence-corrected chi connectivity index (χ0v) is 12.6. The first-order valence-corrected chi connectivity index (χ1v) is 7.36. The number of halogens is 3. The maximum atomic E-state index is 12.5. The monoisotopic (exact) mass is 328 g/mol. The number of alkyl halides is 3. The molecule has 0 radical (unpaired) electrons. The topological polar surface area (TPSA) is 53.4 Å². The summed E-state index contributed by atoms with van der Waals surface area (Å²) < 4.78 is 37.5. The number of hydrogen-bond donors (Lipinski definition) is 1. The highest BCUT2D eigenvalue weighted by Crippen LogP contribution is 2.35. The van der Waals surface area contributed by atoms with Gasteiger partial charge in [0, 0.05) is 19.3 Å². The summed E-state index contributed by atoms with van der Waals surface area (Å²) in [7, 11) is 0. The minimum Gasteiger partial charge on any atom is -0.481 e. The number of carboxylic acid groups (broad SMARTS) is 1. The zero-order chi connectivity index (χ0) is 17.1. The number of nitrogens with zero attached hydrogens (tertiary/aromatic N) is 2. The van der Waals surface area contributed by atoms with Gasteiger partial charge >= 0.3 is 12.1 Å². The van der Waals surface area contributed by atoms with Crippen molar-refractivity contribution in [2.24, 2.45) is 5.41 Å². The van der Waals surface area contributed by atoms with Crippen LogP contribution in [0.1, 0.15) is 30.5 Å². The van der Waals surface area contributed by atoms with E-state index in [1.807, 2.05) is 4.90 Å². The number of pyridine rings is 1. The quantitative estimate of drug-likeness (QED) is 0.842. The minimum atomic E-state index is -4.45. The number of rotatable bonds is 5. The third-order valence-corrected chi connectivity index (χ3v) is 4.17. The summed E-state index contributed by atoms with van der Waals surface area (Å²) in [6, 6.07) is 2.34. The molecule has 0 amide bonds. The Morgan fingerprint density at radius 2 is 2.22 bits per heavy atom. The van der Waals surface area contributed by atoms with E-state index in [4.69, 9.17) is 0 Å². The predicted molar refractivity (Wildman–Crippen MR) is 78.6 cm³/mol. The number of carbonyl (C=O) groups is 1. The Kier molecular flexibility index (Phi) is 5.09. The van der Waals surface area contributed by atoms with Gasteiger partial charge < -0.3 is 5.11 Å². The largest absolute Gasteiger partial charge is 0.481 e. The standard InChI is InChI=1S/C16H19F3N2O2/c1-2-6-15(14(22)23)7-3-8-21(11-15)10-12-4-5-13(20-9-12)16(17,18)19/h2,4-5,9H,1,3,6-8,10-11H2,(H,22,23). The maximum Gasteiger partial charge on any atom is 0.433 e. The van der Waals surface area contributed by atoms with Crippen molar-refractivity contribution in [3.8, 4) is 0 Å². The average Bonchev–Trinajstić information content (AvgIpc) is 2.47. The number of allylic oxidation sites excluding steroid dienone is 1. The Bertz CT molecular complexity index is 572. The van der Waals surface area contributed by atoms with Crippen LogP contribution in [0, 0.1) is 5.41 Å². The van der Waals surface area contributed by atoms with Crippen molar-refractivity contribution < 1.29 is 23.1 Å². The van der Waals surface area contributed by atoms with Crippen molar-refractivity contribution >= 4 is 5.97 Å². The van der Waals surface area contributed by atoms with Crippen molar-refractivity contribution in [1.82, 2.24) is 9.88 Å². The molecular weight excluding hydrogens is 309 g/mol. The third kappa shape index (κ3) is 4.10. The maximum absolute atomic E-state index is 12.5. The fraction of sp³-hybridized carbons (Fsp3) is 0.500. The molecule has 4 nitrogen and oxygen atoms in total. The smallest absolute Gasteiger partial charge is 0.433 e. The van der Waals surface area contributed by atoms with Gasteiger partial charge in [-0.3, -0.25) is 14.7 Å². The number of carboxylic acids is 1. The van der Waals surface area contributed by atoms with E-state index in [0.29, 0.717) is 38.0 Å². The van der Waals surface area contributed by atoms with E-state index in [2.05, 4.69) is 11.6 Å². The second kappa shape index (κ2) is 6.70. The van der Waals surface area contributed by atoms with Gasteiger partial charge in [-0.05, 0) is 37.4 Å². The highest BCUT2D eigenvalue weighted by atomic mass is 19.4. The fourth-order valence-corrected chi connectivity index (χ4v) is 3.01. The molecule has 7 heteroatoms. The molecule has 2 heterocycles. The molecule has 0 aromatic carbocycles. The summed E-state index contributed by atoms with van der Waals surface area (Å²) in [5, 5.41) is 9.52. The zero-order valence-electron chi connectivity index (χ0n) is 12.6. The molecule has 0 bridgehead atoms. The molecule has 1 atom stereocenters. The molecule has 23 heavy (non-hydrogen) atoms. The number of aliphatic carboxylic acids is 1. The molecule has 0 saturated carbocycles. The summed E-state index contributed by atoms with van der Waals surface area (Å²) in [5.41, 5.74) is -1.15. The van der Waals surface area contributed by atoms with Crippen molar-refractivity contribution in [1.29, 1.82) is 0 Å². The molecular formula is C16H19F3N2O2. The third-order valence-electron chi connectivity index (χ3n) is 4.17. The summed E-state index contributed by atoms with van der Waals surface area (Å²) in [5.74, 6) is -0.854. The van der Waals surface area contributed by atoms with E-state index < -0.39 is 23.3 Å². The number of piperidine rings is 1. The SMILES string of the molecule is C=CCC1(C(=O)O)CCCN(Cc2ccc(C(F)(F)F)nc2)C1. The van der Waals surface area contributed by atoms with Crippen molar-refractivity contribution in [2.75, 3.05) is 13.1 Å². The highest BCUT2D eigenvalue weighted by molar-refractivity contribution is 5.75. The second-order valence-electron chi connectivity index (χ2n) is 5.94. The van der Waals surface area contributed by atoms with Crippen LogP contribution in [-0.4, -0.2) is 34.0 Å². The minimum absolute atomic E-state index is 0.357. The fourth-order valence-electron chi connectivity index (χ4n) is 3.01. The summed E-state index contributed by atoms with van der Waals surface area (Å²) in [4.78, 5) is 17.0. The lowest BCUT2D eigenvalue weighted by atomic mass is 9.77. The van der Waals surface area contributed by atoms with Crippen LogP contribution in [0.2, 0.25) is 0 Å². The molecule has 1 fully saturated rings. The molecule has 126 valence electrons. The van der Waals surface area contributed by atoms with Gasteiger partial charge in [-0.25, -0.2) is 0 Å². The van der Waals surface area contributed by atoms with Crippen LogP contribution in [-0.2, 0) is 17.5 Å². The molecule has 1 saturated heterocycles. The van der Waals surface area contributed by atoms with Crippen LogP contribution in [0.15, 0.2) is 31.0 Å². The molecule has 1 aromatic rings. The first-order chi connectivity index (χ1) is 10.8. The molecule has 1 aliphatic heterocycles. The van der Waals surface area contributed by atoms with E-state index in [0.717, 1.165) is 12.5 Å². The van der Waals surface area contributed by atoms with E-state index >= 15 is 0 Å². The first-order valence-electron chi connectivity index (χ1n) is 7.36. The van der Waals surface area contributed by atoms with Crippen molar-refractivity contribution in [2.45, 2.75) is 32.0 Å². The summed E-state index contributed by atoms with van der Waals surface area (Å²) in [6.07, 6.45) is 0.0468. The molecule has 1 aromatic heterocycles. The van der Waals surface area contributed by atoms with E-state index in [1.54, 1.807) is 6.08 Å². The number of aromatic nitrogens is 1. The lowest BCUT2D eigenvalue weighted by Crippen LogP contribution is -2.47. The van der Waals surface area contributed by atoms with Gasteiger partial charge in [0.1, 0.15) is 5.69 Å². The Labute approximate surface area is 132 Å². The van der Waals surface area contributed by atoms with Crippen LogP contribution >= 0.6 is 0 Å². The Balaban J connectivity index is 2.08. The summed E-state index contributed by atoms with van der Waals surface area (Å²) >= 11 is 0. The predicted octanol–water partition coefficient (Wildman–Crippen LogP) is 3.34. The molecule has 0 aliphatic carbocycles. The molecule has 1 unspecified atom stereocenters. The molecule has 2 rings (SSSR count). The van der Waals surface area contributed by atoms with Crippen LogP contribution < -0.4 is 0 Å².